The number of carbonyl (C=O) groups is 4. The number of fused-ring (bicyclic) bond motifs is 1. The Morgan fingerprint density at radius 2 is 1.24 bits per heavy atom. The summed E-state index contributed by atoms with van der Waals surface area (Å²) < 4.78 is 6.61. The predicted molar refractivity (Wildman–Crippen MR) is 238 cm³/mol. The summed E-state index contributed by atoms with van der Waals surface area (Å²) in [5.41, 5.74) is 0.391. The molecule has 6 aliphatic carbocycles. The molecule has 0 bridgehead atoms. The average Bonchev–Trinajstić information content (AvgIpc) is 3.50. The first-order valence-corrected chi connectivity index (χ1v) is 25.5. The number of hydrogen-bond donors (Lipinski definition) is 0. The third-order valence-corrected chi connectivity index (χ3v) is 19.3. The van der Waals surface area contributed by atoms with E-state index in [1.807, 2.05) is 11.9 Å². The lowest BCUT2D eigenvalue weighted by Crippen LogP contribution is -2.51. The van der Waals surface area contributed by atoms with E-state index in [1.165, 1.54) is 83.5 Å². The first-order chi connectivity index (χ1) is 28.3. The molecule has 1 heterocycles. The van der Waals surface area contributed by atoms with Crippen LogP contribution < -0.4 is 0 Å². The molecule has 7 rings (SSSR count). The molecule has 0 radical (unpaired) electrons. The van der Waals surface area contributed by atoms with Crippen molar-refractivity contribution in [2.45, 2.75) is 233 Å². The molecule has 6 saturated carbocycles. The van der Waals surface area contributed by atoms with Crippen LogP contribution in [-0.4, -0.2) is 64.6 Å². The zero-order chi connectivity index (χ0) is 42.5. The van der Waals surface area contributed by atoms with Crippen LogP contribution in [0.4, 0.5) is 0 Å². The lowest BCUT2D eigenvalue weighted by Gasteiger charge is -2.44. The van der Waals surface area contributed by atoms with Crippen LogP contribution in [0, 0.1) is 64.6 Å². The van der Waals surface area contributed by atoms with Crippen LogP contribution in [0.2, 0.25) is 0 Å². The summed E-state index contributed by atoms with van der Waals surface area (Å²) in [7, 11) is 1.89. The number of aldehydes is 1. The summed E-state index contributed by atoms with van der Waals surface area (Å²) in [5.74, 6) is 3.86. The van der Waals surface area contributed by atoms with Gasteiger partial charge in [-0.1, -0.05) is 80.1 Å². The second kappa shape index (κ2) is 20.6. The van der Waals surface area contributed by atoms with Crippen LogP contribution in [0.1, 0.15) is 209 Å². The highest BCUT2D eigenvalue weighted by Gasteiger charge is 2.53. The lowest BCUT2D eigenvalue weighted by molar-refractivity contribution is -0.145. The van der Waals surface area contributed by atoms with E-state index in [2.05, 4.69) is 48.5 Å². The Kier molecular flexibility index (Phi) is 16.3. The molecule has 0 aromatic rings. The number of nitrogens with zero attached hydrogens (tertiary/aromatic N) is 2. The molecule has 8 atom stereocenters. The second-order valence-electron chi connectivity index (χ2n) is 22.0. The minimum absolute atomic E-state index is 0.0742. The largest absolute Gasteiger partial charge is 0.375 e. The summed E-state index contributed by atoms with van der Waals surface area (Å²) >= 11 is 0. The fraction of sp³-hybridized carbons (Fsp3) is 0.923. The summed E-state index contributed by atoms with van der Waals surface area (Å²) in [6.45, 7) is 15.9. The molecule has 0 aromatic heterocycles. The van der Waals surface area contributed by atoms with E-state index < -0.39 is 0 Å². The van der Waals surface area contributed by atoms with E-state index in [-0.39, 0.29) is 53.0 Å². The molecule has 0 spiro atoms. The predicted octanol–water partition coefficient (Wildman–Crippen LogP) is 12.0. The van der Waals surface area contributed by atoms with Crippen LogP contribution in [0.5, 0.6) is 0 Å². The standard InChI is InChI=1S/C30H48N2O4.C22H40O/c1-6-30(4,7-2)31(5)27(34)24-14-10-20(16-22(24)18-33)21-11-15-25-26(17-21)29(36)32(28(25)35)23-12-8-19(3)9-13-23;1-4-22(3,5-2)19-12-14-20(15-13-19)23-21-11-7-10-18(16-21)17-8-6-9-17/h18-26H,6-17H2,1-5H3;17-21H,4-16H2,1-3H3. The van der Waals surface area contributed by atoms with Gasteiger partial charge in [0.25, 0.3) is 0 Å². The molecule has 3 amide bonds. The van der Waals surface area contributed by atoms with Crippen LogP contribution >= 0.6 is 0 Å². The first kappa shape index (κ1) is 46.7. The highest BCUT2D eigenvalue weighted by molar-refractivity contribution is 6.05. The van der Waals surface area contributed by atoms with Gasteiger partial charge in [-0.05, 0) is 170 Å². The molecule has 7 aliphatic rings. The normalized spacial score (nSPS) is 37.2. The third kappa shape index (κ3) is 10.4. The minimum atomic E-state index is -0.254. The van der Waals surface area contributed by atoms with Crippen molar-refractivity contribution in [1.29, 1.82) is 0 Å². The van der Waals surface area contributed by atoms with Crippen molar-refractivity contribution in [3.05, 3.63) is 0 Å². The van der Waals surface area contributed by atoms with E-state index >= 15 is 0 Å². The summed E-state index contributed by atoms with van der Waals surface area (Å²) in [6.07, 6.45) is 31.2. The topological polar surface area (TPSA) is 84.0 Å². The molecule has 336 valence electrons. The SMILES string of the molecule is CCC(C)(CC)C1CCC(OC2CCCC(C3CCC3)C2)CC1.CCC(C)(CC)N(C)C(=O)C1CCC(C2CCC3C(=O)N(C4CCC(C)CC4)C(=O)C3C2)CC1C=O. The molecule has 7 heteroatoms. The van der Waals surface area contributed by atoms with Crippen molar-refractivity contribution in [2.24, 2.45) is 64.6 Å². The highest BCUT2D eigenvalue weighted by Crippen LogP contribution is 2.50. The van der Waals surface area contributed by atoms with Crippen LogP contribution in [0.3, 0.4) is 0 Å². The quantitative estimate of drug-likeness (QED) is 0.136. The van der Waals surface area contributed by atoms with E-state index in [1.54, 1.807) is 4.90 Å². The number of amides is 3. The zero-order valence-corrected chi connectivity index (χ0v) is 39.2. The zero-order valence-electron chi connectivity index (χ0n) is 39.2. The summed E-state index contributed by atoms with van der Waals surface area (Å²) in [5, 5.41) is 0. The Morgan fingerprint density at radius 1 is 0.661 bits per heavy atom. The van der Waals surface area contributed by atoms with Gasteiger partial charge in [-0.25, -0.2) is 0 Å². The van der Waals surface area contributed by atoms with Gasteiger partial charge in [0.15, 0.2) is 0 Å². The smallest absolute Gasteiger partial charge is 0.233 e. The van der Waals surface area contributed by atoms with Gasteiger partial charge in [-0.15, -0.1) is 0 Å². The Hall–Kier alpha value is -1.76. The maximum Gasteiger partial charge on any atom is 0.233 e. The number of carbonyl (C=O) groups excluding carboxylic acids is 4. The summed E-state index contributed by atoms with van der Waals surface area (Å²) in [6, 6.07) is 0.0973. The lowest BCUT2D eigenvalue weighted by atomic mass is 9.64. The summed E-state index contributed by atoms with van der Waals surface area (Å²) in [4.78, 5) is 55.8. The fourth-order valence-electron chi connectivity index (χ4n) is 13.5. The number of ether oxygens (including phenoxy) is 1. The van der Waals surface area contributed by atoms with Crippen molar-refractivity contribution < 1.29 is 23.9 Å². The van der Waals surface area contributed by atoms with Gasteiger partial charge >= 0.3 is 0 Å². The van der Waals surface area contributed by atoms with Crippen LogP contribution in [0.25, 0.3) is 0 Å². The Balaban J connectivity index is 0.000000219. The second-order valence-corrected chi connectivity index (χ2v) is 22.0. The van der Waals surface area contributed by atoms with Crippen molar-refractivity contribution in [3.8, 4) is 0 Å². The third-order valence-electron chi connectivity index (χ3n) is 19.3. The van der Waals surface area contributed by atoms with Gasteiger partial charge in [0.2, 0.25) is 17.7 Å². The van der Waals surface area contributed by atoms with Gasteiger partial charge in [-0.3, -0.25) is 19.3 Å². The van der Waals surface area contributed by atoms with E-state index in [9.17, 15) is 19.2 Å². The molecular formula is C52H88N2O5. The van der Waals surface area contributed by atoms with Crippen molar-refractivity contribution >= 4 is 24.0 Å². The molecule has 0 N–H and O–H groups in total. The number of hydrogen-bond acceptors (Lipinski definition) is 5. The van der Waals surface area contributed by atoms with Crippen molar-refractivity contribution in [1.82, 2.24) is 9.80 Å². The van der Waals surface area contributed by atoms with E-state index in [0.29, 0.717) is 35.4 Å². The van der Waals surface area contributed by atoms with Gasteiger partial charge in [0.05, 0.1) is 24.0 Å². The maximum absolute atomic E-state index is 13.4. The van der Waals surface area contributed by atoms with Crippen molar-refractivity contribution in [3.63, 3.8) is 0 Å². The van der Waals surface area contributed by atoms with Gasteiger partial charge in [-0.2, -0.15) is 0 Å². The monoisotopic (exact) mass is 821 g/mol. The molecule has 59 heavy (non-hydrogen) atoms. The average molecular weight is 821 g/mol. The first-order valence-electron chi connectivity index (χ1n) is 25.5. The Morgan fingerprint density at radius 3 is 1.83 bits per heavy atom. The maximum atomic E-state index is 13.4. The number of rotatable bonds is 13. The van der Waals surface area contributed by atoms with Crippen LogP contribution in [-0.2, 0) is 23.9 Å². The molecule has 8 unspecified atom stereocenters. The van der Waals surface area contributed by atoms with Gasteiger partial charge < -0.3 is 14.4 Å². The Bertz CT molecular complexity index is 1380. The minimum Gasteiger partial charge on any atom is -0.375 e. The molecule has 7 fully saturated rings. The highest BCUT2D eigenvalue weighted by atomic mass is 16.5. The van der Waals surface area contributed by atoms with Gasteiger partial charge in [0, 0.05) is 30.5 Å². The Labute approximate surface area is 361 Å². The van der Waals surface area contributed by atoms with E-state index in [4.69, 9.17) is 4.74 Å². The van der Waals surface area contributed by atoms with Crippen LogP contribution in [0.15, 0.2) is 0 Å². The molecule has 1 saturated heterocycles. The fourth-order valence-corrected chi connectivity index (χ4v) is 13.5. The van der Waals surface area contributed by atoms with Crippen molar-refractivity contribution in [2.75, 3.05) is 7.05 Å². The number of likely N-dealkylation sites (tertiary alicyclic amines) is 1. The molecular weight excluding hydrogens is 733 g/mol. The van der Waals surface area contributed by atoms with Gasteiger partial charge in [0.1, 0.15) is 6.29 Å². The van der Waals surface area contributed by atoms with E-state index in [0.717, 1.165) is 101 Å². The molecule has 0 aromatic carbocycles. The molecule has 7 nitrogen and oxygen atoms in total. The molecule has 1 aliphatic heterocycles. The number of imide groups is 1.